The second kappa shape index (κ2) is 8.55. The van der Waals surface area contributed by atoms with Gasteiger partial charge in [0.1, 0.15) is 17.1 Å². The van der Waals surface area contributed by atoms with Gasteiger partial charge < -0.3 is 4.74 Å². The molecule has 146 valence electrons. The van der Waals surface area contributed by atoms with Crippen molar-refractivity contribution in [3.05, 3.63) is 56.0 Å². The highest BCUT2D eigenvalue weighted by atomic mass is 79.9. The summed E-state index contributed by atoms with van der Waals surface area (Å²) < 4.78 is 22.3. The van der Waals surface area contributed by atoms with Crippen LogP contribution in [-0.2, 0) is 0 Å². The van der Waals surface area contributed by atoms with E-state index in [0.717, 1.165) is 22.6 Å². The van der Waals surface area contributed by atoms with Crippen LogP contribution in [0.5, 0.6) is 5.75 Å². The second-order valence-corrected chi connectivity index (χ2v) is 7.84. The molecule has 0 N–H and O–H groups in total. The van der Waals surface area contributed by atoms with Crippen LogP contribution in [-0.4, -0.2) is 20.5 Å². The van der Waals surface area contributed by atoms with Gasteiger partial charge in [-0.05, 0) is 42.8 Å². The predicted octanol–water partition coefficient (Wildman–Crippen LogP) is 6.30. The highest BCUT2D eigenvalue weighted by Gasteiger charge is 2.26. The average Bonchev–Trinajstić information content (AvgIpc) is 2.92. The first-order chi connectivity index (χ1) is 12.2. The van der Waals surface area contributed by atoms with Gasteiger partial charge in [0.25, 0.3) is 0 Å². The maximum Gasteiger partial charge on any atom is 0.159 e. The number of aromatic nitrogens is 3. The zero-order valence-corrected chi connectivity index (χ0v) is 19.2. The Morgan fingerprint density at radius 2 is 1.93 bits per heavy atom. The van der Waals surface area contributed by atoms with Crippen LogP contribution in [0.4, 0.5) is 4.39 Å². The first-order valence-corrected chi connectivity index (χ1v) is 9.60. The number of ether oxygens (including phenoxy) is 1. The first-order valence-electron chi connectivity index (χ1n) is 8.05. The van der Waals surface area contributed by atoms with E-state index in [9.17, 15) is 4.39 Å². The number of fused-ring (bicyclic) bond motifs is 1. The minimum Gasteiger partial charge on any atom is -0.489 e. The van der Waals surface area contributed by atoms with E-state index in [1.807, 2.05) is 32.1 Å². The Labute approximate surface area is 182 Å². The summed E-state index contributed by atoms with van der Waals surface area (Å²) in [6.07, 6.45) is 3.29. The summed E-state index contributed by atoms with van der Waals surface area (Å²) >= 11 is 15.6. The molecule has 2 heterocycles. The van der Waals surface area contributed by atoms with E-state index >= 15 is 0 Å². The molecule has 2 aromatic heterocycles. The summed E-state index contributed by atoms with van der Waals surface area (Å²) in [5.74, 6) is 0.390. The summed E-state index contributed by atoms with van der Waals surface area (Å²) in [6, 6.07) is 1.59. The van der Waals surface area contributed by atoms with Crippen molar-refractivity contribution in [2.45, 2.75) is 39.7 Å². The molecule has 0 saturated carbocycles. The van der Waals surface area contributed by atoms with Gasteiger partial charge in [0, 0.05) is 23.9 Å². The first kappa shape index (κ1) is 22.3. The Bertz CT molecular complexity index is 997. The van der Waals surface area contributed by atoms with Crippen molar-refractivity contribution in [1.82, 2.24) is 14.4 Å². The van der Waals surface area contributed by atoms with Crippen molar-refractivity contribution in [2.24, 2.45) is 0 Å². The zero-order valence-electron chi connectivity index (χ0n) is 15.1. The third-order valence-corrected chi connectivity index (χ3v) is 5.33. The Morgan fingerprint density at radius 3 is 2.56 bits per heavy atom. The molecular weight excluding hydrogens is 476 g/mol. The molecule has 0 aliphatic rings. The van der Waals surface area contributed by atoms with Crippen LogP contribution in [0, 0.1) is 12.7 Å². The summed E-state index contributed by atoms with van der Waals surface area (Å²) in [7, 11) is 0. The molecule has 3 rings (SSSR count). The Morgan fingerprint density at radius 1 is 1.26 bits per heavy atom. The summed E-state index contributed by atoms with van der Waals surface area (Å²) in [4.78, 5) is 8.77. The van der Waals surface area contributed by atoms with Crippen LogP contribution in [0.3, 0.4) is 0 Å². The fourth-order valence-corrected chi connectivity index (χ4v) is 4.06. The molecule has 0 radical (unpaired) electrons. The van der Waals surface area contributed by atoms with E-state index < -0.39 is 5.82 Å². The number of aryl methyl sites for hydroxylation is 1. The lowest BCUT2D eigenvalue weighted by Crippen LogP contribution is -2.12. The molecule has 0 aliphatic heterocycles. The van der Waals surface area contributed by atoms with Gasteiger partial charge in [-0.15, -0.1) is 0 Å². The highest BCUT2D eigenvalue weighted by Crippen LogP contribution is 2.42. The van der Waals surface area contributed by atoms with Gasteiger partial charge in [0.2, 0.25) is 0 Å². The van der Waals surface area contributed by atoms with Crippen LogP contribution in [0.25, 0.3) is 5.52 Å². The predicted molar refractivity (Wildman–Crippen MR) is 116 cm³/mol. The lowest BCUT2D eigenvalue weighted by molar-refractivity contribution is 0.236. The molecule has 27 heavy (non-hydrogen) atoms. The second-order valence-electron chi connectivity index (χ2n) is 6.29. The lowest BCUT2D eigenvalue weighted by atomic mass is 9.99. The van der Waals surface area contributed by atoms with E-state index in [1.54, 1.807) is 18.5 Å². The molecule has 0 fully saturated rings. The van der Waals surface area contributed by atoms with Crippen LogP contribution >= 0.6 is 52.6 Å². The molecule has 1 atom stereocenters. The smallest absolute Gasteiger partial charge is 0.159 e. The molecular formula is C18H19BrCl2FN3OS. The maximum atomic E-state index is 14.3. The normalized spacial score (nSPS) is 12.3. The Kier molecular flexibility index (Phi) is 7.06. The Balaban J connectivity index is 0.00000261. The molecule has 0 saturated heterocycles. The molecule has 1 aromatic carbocycles. The van der Waals surface area contributed by atoms with Crippen LogP contribution in [0.2, 0.25) is 10.2 Å². The van der Waals surface area contributed by atoms with E-state index in [-0.39, 0.29) is 35.0 Å². The van der Waals surface area contributed by atoms with Crippen molar-refractivity contribution >= 4 is 58.1 Å². The van der Waals surface area contributed by atoms with Crippen LogP contribution in [0.1, 0.15) is 43.8 Å². The lowest BCUT2D eigenvalue weighted by Gasteiger charge is -2.21. The van der Waals surface area contributed by atoms with Crippen molar-refractivity contribution in [1.29, 1.82) is 0 Å². The van der Waals surface area contributed by atoms with E-state index in [1.165, 1.54) is 0 Å². The van der Waals surface area contributed by atoms with Gasteiger partial charge in [0.05, 0.1) is 21.3 Å². The maximum absolute atomic E-state index is 14.3. The van der Waals surface area contributed by atoms with Crippen molar-refractivity contribution in [2.75, 3.05) is 0 Å². The van der Waals surface area contributed by atoms with Crippen molar-refractivity contribution in [3.8, 4) is 5.75 Å². The number of benzene rings is 1. The van der Waals surface area contributed by atoms with E-state index in [4.69, 9.17) is 27.9 Å². The monoisotopic (exact) mass is 493 g/mol. The van der Waals surface area contributed by atoms with Crippen molar-refractivity contribution < 1.29 is 9.13 Å². The van der Waals surface area contributed by atoms with E-state index in [2.05, 4.69) is 25.9 Å². The topological polar surface area (TPSA) is 39.4 Å². The zero-order chi connectivity index (χ0) is 19.2. The largest absolute Gasteiger partial charge is 0.489 e. The van der Waals surface area contributed by atoms with Crippen molar-refractivity contribution in [3.63, 3.8) is 0 Å². The van der Waals surface area contributed by atoms with Crippen LogP contribution in [0.15, 0.2) is 22.9 Å². The van der Waals surface area contributed by atoms with Gasteiger partial charge >= 0.3 is 0 Å². The molecule has 0 unspecified atom stereocenters. The SMILES string of the molecule is Cc1nc([C@@H](C)c2cc(Cl)c(F)c(Br)c2OC(C)C)n2ccnc(Cl)c12.S. The van der Waals surface area contributed by atoms with Gasteiger partial charge in [-0.2, -0.15) is 13.5 Å². The Hall–Kier alpha value is -1.02. The third-order valence-electron chi connectivity index (χ3n) is 4.07. The average molecular weight is 495 g/mol. The molecule has 0 spiro atoms. The number of halogens is 4. The molecule has 9 heteroatoms. The molecule has 0 bridgehead atoms. The molecule has 4 nitrogen and oxygen atoms in total. The fourth-order valence-electron chi connectivity index (χ4n) is 2.91. The minimum absolute atomic E-state index is 0. The van der Waals surface area contributed by atoms with Gasteiger partial charge in [-0.3, -0.25) is 4.40 Å². The summed E-state index contributed by atoms with van der Waals surface area (Å²) in [6.45, 7) is 7.60. The van der Waals surface area contributed by atoms with Gasteiger partial charge in [-0.25, -0.2) is 14.4 Å². The van der Waals surface area contributed by atoms with Gasteiger partial charge in [0.15, 0.2) is 11.0 Å². The number of nitrogens with zero attached hydrogens (tertiary/aromatic N) is 3. The fraction of sp³-hybridized carbons (Fsp3) is 0.333. The summed E-state index contributed by atoms with van der Waals surface area (Å²) in [5.41, 5.74) is 2.25. The standard InChI is InChI=1S/C18H17BrCl2FN3O.H2S/c1-8(2)26-16-11(7-12(20)14(22)13(16)19)9(3)18-24-10(4)15-17(21)23-5-6-25(15)18;/h5-9H,1-4H3;1H2/t9-;/m0./s1. The third kappa shape index (κ3) is 4.06. The number of rotatable bonds is 4. The molecule has 0 amide bonds. The highest BCUT2D eigenvalue weighted by molar-refractivity contribution is 9.10. The minimum atomic E-state index is -0.547. The quantitative estimate of drug-likeness (QED) is 0.399. The number of imidazole rings is 1. The van der Waals surface area contributed by atoms with Gasteiger partial charge in [-0.1, -0.05) is 30.1 Å². The number of hydrogen-bond acceptors (Lipinski definition) is 3. The molecule has 3 aromatic rings. The summed E-state index contributed by atoms with van der Waals surface area (Å²) in [5, 5.41) is 0.403. The van der Waals surface area contributed by atoms with Crippen LogP contribution < -0.4 is 4.74 Å². The van der Waals surface area contributed by atoms with E-state index in [0.29, 0.717) is 10.9 Å². The molecule has 0 aliphatic carbocycles. The number of hydrogen-bond donors (Lipinski definition) is 0.